The average molecular weight is 251 g/mol. The molecular formula is C13H17NO2S. The van der Waals surface area contributed by atoms with Crippen LogP contribution in [0.25, 0.3) is 0 Å². The van der Waals surface area contributed by atoms with Gasteiger partial charge in [-0.2, -0.15) is 11.3 Å². The molecule has 2 aromatic heterocycles. The zero-order valence-corrected chi connectivity index (χ0v) is 10.7. The molecule has 1 unspecified atom stereocenters. The van der Waals surface area contributed by atoms with E-state index in [1.54, 1.807) is 11.3 Å². The maximum Gasteiger partial charge on any atom is 0.117 e. The molecule has 0 saturated carbocycles. The summed E-state index contributed by atoms with van der Waals surface area (Å²) in [6.07, 6.45) is 0.471. The first-order valence-corrected chi connectivity index (χ1v) is 6.72. The third-order valence-corrected chi connectivity index (χ3v) is 3.33. The number of nitrogens with one attached hydrogen (secondary N) is 1. The van der Waals surface area contributed by atoms with E-state index in [-0.39, 0.29) is 0 Å². The van der Waals surface area contributed by atoms with E-state index in [4.69, 9.17) is 4.42 Å². The lowest BCUT2D eigenvalue weighted by molar-refractivity contribution is 0.174. The average Bonchev–Trinajstić information content (AvgIpc) is 3.00. The standard InChI is InChI=1S/C13H17NO2S/c1-2-11-3-4-12(16-11)7-14-8-13(15)10-5-6-17-9-10/h3-6,9,13-15H,2,7-8H2,1H3. The fraction of sp³-hybridized carbons (Fsp3) is 0.385. The van der Waals surface area contributed by atoms with Crippen LogP contribution in [-0.4, -0.2) is 11.7 Å². The van der Waals surface area contributed by atoms with E-state index in [0.29, 0.717) is 13.1 Å². The molecule has 0 saturated heterocycles. The Morgan fingerprint density at radius 3 is 2.82 bits per heavy atom. The second-order valence-corrected chi connectivity index (χ2v) is 4.70. The van der Waals surface area contributed by atoms with Crippen molar-refractivity contribution in [3.63, 3.8) is 0 Å². The Balaban J connectivity index is 1.76. The lowest BCUT2D eigenvalue weighted by Gasteiger charge is -2.09. The molecule has 0 amide bonds. The maximum absolute atomic E-state index is 9.85. The lowest BCUT2D eigenvalue weighted by atomic mass is 10.2. The molecule has 0 aliphatic heterocycles. The molecule has 2 rings (SSSR count). The molecule has 2 heterocycles. The number of aryl methyl sites for hydroxylation is 1. The second-order valence-electron chi connectivity index (χ2n) is 3.92. The van der Waals surface area contributed by atoms with E-state index in [1.165, 1.54) is 0 Å². The zero-order chi connectivity index (χ0) is 12.1. The van der Waals surface area contributed by atoms with Crippen LogP contribution in [0.3, 0.4) is 0 Å². The molecule has 0 aromatic carbocycles. The van der Waals surface area contributed by atoms with Gasteiger partial charge in [0.25, 0.3) is 0 Å². The van der Waals surface area contributed by atoms with Gasteiger partial charge >= 0.3 is 0 Å². The summed E-state index contributed by atoms with van der Waals surface area (Å²) in [5.74, 6) is 1.92. The number of aliphatic hydroxyl groups excluding tert-OH is 1. The minimum atomic E-state index is -0.443. The highest BCUT2D eigenvalue weighted by atomic mass is 32.1. The number of rotatable bonds is 6. The van der Waals surface area contributed by atoms with Crippen molar-refractivity contribution in [1.29, 1.82) is 0 Å². The van der Waals surface area contributed by atoms with Gasteiger partial charge in [-0.1, -0.05) is 6.92 Å². The van der Waals surface area contributed by atoms with Crippen LogP contribution >= 0.6 is 11.3 Å². The van der Waals surface area contributed by atoms with Gasteiger partial charge in [-0.05, 0) is 34.5 Å². The SMILES string of the molecule is CCc1ccc(CNCC(O)c2ccsc2)o1. The van der Waals surface area contributed by atoms with Gasteiger partial charge < -0.3 is 14.8 Å². The molecular weight excluding hydrogens is 234 g/mol. The molecule has 0 aliphatic rings. The largest absolute Gasteiger partial charge is 0.465 e. The Hall–Kier alpha value is -1.10. The fourth-order valence-corrected chi connectivity index (χ4v) is 2.33. The Labute approximate surface area is 105 Å². The molecule has 4 heteroatoms. The minimum absolute atomic E-state index is 0.443. The third kappa shape index (κ3) is 3.43. The van der Waals surface area contributed by atoms with Crippen molar-refractivity contribution < 1.29 is 9.52 Å². The van der Waals surface area contributed by atoms with Crippen molar-refractivity contribution in [2.75, 3.05) is 6.54 Å². The van der Waals surface area contributed by atoms with E-state index in [2.05, 4.69) is 12.2 Å². The van der Waals surface area contributed by atoms with Crippen LogP contribution in [0.15, 0.2) is 33.4 Å². The molecule has 17 heavy (non-hydrogen) atoms. The van der Waals surface area contributed by atoms with Crippen LogP contribution in [0.1, 0.15) is 30.1 Å². The summed E-state index contributed by atoms with van der Waals surface area (Å²) in [6.45, 7) is 3.26. The molecule has 0 bridgehead atoms. The quantitative estimate of drug-likeness (QED) is 0.829. The first-order chi connectivity index (χ1) is 8.29. The molecule has 0 spiro atoms. The number of aliphatic hydroxyl groups is 1. The van der Waals surface area contributed by atoms with Crippen LogP contribution in [0, 0.1) is 0 Å². The van der Waals surface area contributed by atoms with E-state index >= 15 is 0 Å². The van der Waals surface area contributed by atoms with Gasteiger partial charge in [-0.15, -0.1) is 0 Å². The zero-order valence-electron chi connectivity index (χ0n) is 9.85. The van der Waals surface area contributed by atoms with Gasteiger partial charge in [-0.25, -0.2) is 0 Å². The monoisotopic (exact) mass is 251 g/mol. The fourth-order valence-electron chi connectivity index (χ4n) is 1.62. The summed E-state index contributed by atoms with van der Waals surface area (Å²) in [4.78, 5) is 0. The molecule has 0 aliphatic carbocycles. The highest BCUT2D eigenvalue weighted by Gasteiger charge is 2.07. The van der Waals surface area contributed by atoms with Crippen molar-refractivity contribution in [2.24, 2.45) is 0 Å². The van der Waals surface area contributed by atoms with E-state index in [0.717, 1.165) is 23.5 Å². The van der Waals surface area contributed by atoms with Crippen LogP contribution in [-0.2, 0) is 13.0 Å². The smallest absolute Gasteiger partial charge is 0.117 e. The lowest BCUT2D eigenvalue weighted by Crippen LogP contribution is -2.20. The van der Waals surface area contributed by atoms with Crippen molar-refractivity contribution in [2.45, 2.75) is 26.0 Å². The minimum Gasteiger partial charge on any atom is -0.465 e. The molecule has 0 radical (unpaired) electrons. The molecule has 2 aromatic rings. The van der Waals surface area contributed by atoms with Gasteiger partial charge in [0.15, 0.2) is 0 Å². The van der Waals surface area contributed by atoms with Gasteiger partial charge in [0.05, 0.1) is 12.6 Å². The highest BCUT2D eigenvalue weighted by molar-refractivity contribution is 7.07. The topological polar surface area (TPSA) is 45.4 Å². The second kappa shape index (κ2) is 6.00. The first-order valence-electron chi connectivity index (χ1n) is 5.78. The molecule has 92 valence electrons. The van der Waals surface area contributed by atoms with Crippen molar-refractivity contribution in [3.05, 3.63) is 46.0 Å². The third-order valence-electron chi connectivity index (χ3n) is 2.63. The predicted octanol–water partition coefficient (Wildman–Crippen LogP) is 2.73. The number of thiophene rings is 1. The summed E-state index contributed by atoms with van der Waals surface area (Å²) in [5, 5.41) is 17.0. The Kier molecular flexibility index (Phi) is 4.36. The Morgan fingerprint density at radius 1 is 1.35 bits per heavy atom. The van der Waals surface area contributed by atoms with E-state index < -0.39 is 6.10 Å². The number of hydrogen-bond donors (Lipinski definition) is 2. The summed E-state index contributed by atoms with van der Waals surface area (Å²) in [6, 6.07) is 5.91. The summed E-state index contributed by atoms with van der Waals surface area (Å²) < 4.78 is 5.56. The molecule has 1 atom stereocenters. The summed E-state index contributed by atoms with van der Waals surface area (Å²) >= 11 is 1.60. The number of hydrogen-bond acceptors (Lipinski definition) is 4. The number of furan rings is 1. The predicted molar refractivity (Wildman–Crippen MR) is 69.1 cm³/mol. The first kappa shape index (κ1) is 12.4. The Morgan fingerprint density at radius 2 is 2.18 bits per heavy atom. The normalized spacial score (nSPS) is 12.8. The van der Waals surface area contributed by atoms with Gasteiger partial charge in [0, 0.05) is 13.0 Å². The molecule has 3 nitrogen and oxygen atoms in total. The highest BCUT2D eigenvalue weighted by Crippen LogP contribution is 2.15. The molecule has 0 fully saturated rings. The molecule has 2 N–H and O–H groups in total. The van der Waals surface area contributed by atoms with E-state index in [9.17, 15) is 5.11 Å². The van der Waals surface area contributed by atoms with Crippen molar-refractivity contribution >= 4 is 11.3 Å². The maximum atomic E-state index is 9.85. The summed E-state index contributed by atoms with van der Waals surface area (Å²) in [7, 11) is 0. The Bertz CT molecular complexity index is 436. The van der Waals surface area contributed by atoms with Crippen LogP contribution < -0.4 is 5.32 Å². The van der Waals surface area contributed by atoms with E-state index in [1.807, 2.05) is 29.0 Å². The van der Waals surface area contributed by atoms with Gasteiger partial charge in [-0.3, -0.25) is 0 Å². The van der Waals surface area contributed by atoms with Crippen molar-refractivity contribution in [3.8, 4) is 0 Å². The van der Waals surface area contributed by atoms with Crippen LogP contribution in [0.4, 0.5) is 0 Å². The van der Waals surface area contributed by atoms with Crippen LogP contribution in [0.2, 0.25) is 0 Å². The van der Waals surface area contributed by atoms with Gasteiger partial charge in [0.2, 0.25) is 0 Å². The van der Waals surface area contributed by atoms with Gasteiger partial charge in [0.1, 0.15) is 11.5 Å². The van der Waals surface area contributed by atoms with Crippen LogP contribution in [0.5, 0.6) is 0 Å². The van der Waals surface area contributed by atoms with Crippen molar-refractivity contribution in [1.82, 2.24) is 5.32 Å². The summed E-state index contributed by atoms with van der Waals surface area (Å²) in [5.41, 5.74) is 0.969.